The van der Waals surface area contributed by atoms with Crippen molar-refractivity contribution in [3.05, 3.63) is 23.8 Å². The van der Waals surface area contributed by atoms with Crippen LogP contribution in [0.25, 0.3) is 0 Å². The molecule has 4 nitrogen and oxygen atoms in total. The van der Waals surface area contributed by atoms with Gasteiger partial charge in [0.05, 0.1) is 18.3 Å². The number of fused-ring (bicyclic) bond motifs is 1. The Morgan fingerprint density at radius 3 is 2.74 bits per heavy atom. The SMILES string of the molecule is COc1ccc2c(c1)C(=O)CC(CC(C)(C)OC)O2. The summed E-state index contributed by atoms with van der Waals surface area (Å²) in [6, 6.07) is 5.32. The Morgan fingerprint density at radius 2 is 2.11 bits per heavy atom. The number of Topliss-reactive ketones (excluding diaryl/α,β-unsaturated/α-hetero) is 1. The maximum Gasteiger partial charge on any atom is 0.170 e. The van der Waals surface area contributed by atoms with Gasteiger partial charge in [-0.2, -0.15) is 0 Å². The van der Waals surface area contributed by atoms with E-state index in [9.17, 15) is 4.79 Å². The molecule has 104 valence electrons. The predicted molar refractivity (Wildman–Crippen MR) is 72.1 cm³/mol. The molecule has 0 saturated heterocycles. The topological polar surface area (TPSA) is 44.8 Å². The Morgan fingerprint density at radius 1 is 1.37 bits per heavy atom. The van der Waals surface area contributed by atoms with Crippen molar-refractivity contribution in [2.24, 2.45) is 0 Å². The lowest BCUT2D eigenvalue weighted by molar-refractivity contribution is -0.0158. The molecular formula is C15H20O4. The molecule has 0 bridgehead atoms. The smallest absolute Gasteiger partial charge is 0.170 e. The van der Waals surface area contributed by atoms with Gasteiger partial charge < -0.3 is 14.2 Å². The second-order valence-electron chi connectivity index (χ2n) is 5.40. The third kappa shape index (κ3) is 3.07. The molecule has 19 heavy (non-hydrogen) atoms. The number of carbonyl (C=O) groups excluding carboxylic acids is 1. The van der Waals surface area contributed by atoms with E-state index in [1.165, 1.54) is 0 Å². The van der Waals surface area contributed by atoms with Gasteiger partial charge in [-0.05, 0) is 32.0 Å². The summed E-state index contributed by atoms with van der Waals surface area (Å²) in [5.41, 5.74) is 0.306. The van der Waals surface area contributed by atoms with Crippen molar-refractivity contribution >= 4 is 5.78 Å². The van der Waals surface area contributed by atoms with E-state index in [1.807, 2.05) is 13.8 Å². The molecule has 1 aliphatic heterocycles. The third-order valence-electron chi connectivity index (χ3n) is 3.47. The highest BCUT2D eigenvalue weighted by molar-refractivity contribution is 6.00. The maximum atomic E-state index is 12.2. The summed E-state index contributed by atoms with van der Waals surface area (Å²) in [5, 5.41) is 0. The molecule has 4 heteroatoms. The van der Waals surface area contributed by atoms with Crippen LogP contribution in [0.4, 0.5) is 0 Å². The second-order valence-corrected chi connectivity index (χ2v) is 5.40. The van der Waals surface area contributed by atoms with E-state index >= 15 is 0 Å². The van der Waals surface area contributed by atoms with Crippen molar-refractivity contribution in [3.8, 4) is 11.5 Å². The number of hydrogen-bond acceptors (Lipinski definition) is 4. The first kappa shape index (κ1) is 13.9. The Hall–Kier alpha value is -1.55. The molecule has 1 unspecified atom stereocenters. The van der Waals surface area contributed by atoms with Crippen LogP contribution in [0.1, 0.15) is 37.0 Å². The predicted octanol–water partition coefficient (Wildman–Crippen LogP) is 2.84. The summed E-state index contributed by atoms with van der Waals surface area (Å²) in [6.45, 7) is 3.98. The van der Waals surface area contributed by atoms with Gasteiger partial charge in [0.2, 0.25) is 0 Å². The van der Waals surface area contributed by atoms with E-state index in [0.29, 0.717) is 29.9 Å². The lowest BCUT2D eigenvalue weighted by Crippen LogP contribution is -2.35. The van der Waals surface area contributed by atoms with Gasteiger partial charge in [-0.1, -0.05) is 0 Å². The van der Waals surface area contributed by atoms with Crippen molar-refractivity contribution in [2.45, 2.75) is 38.4 Å². The van der Waals surface area contributed by atoms with Crippen molar-refractivity contribution < 1.29 is 19.0 Å². The van der Waals surface area contributed by atoms with Crippen LogP contribution in [-0.2, 0) is 4.74 Å². The number of benzene rings is 1. The molecular weight excluding hydrogens is 244 g/mol. The Kier molecular flexibility index (Phi) is 3.80. The summed E-state index contributed by atoms with van der Waals surface area (Å²) < 4.78 is 16.4. The molecule has 0 aliphatic carbocycles. The molecule has 0 saturated carbocycles. The van der Waals surface area contributed by atoms with E-state index in [-0.39, 0.29) is 17.5 Å². The van der Waals surface area contributed by atoms with Crippen molar-refractivity contribution in [2.75, 3.05) is 14.2 Å². The molecule has 0 amide bonds. The van der Waals surface area contributed by atoms with Gasteiger partial charge in [-0.15, -0.1) is 0 Å². The number of methoxy groups -OCH3 is 2. The minimum atomic E-state index is -0.297. The summed E-state index contributed by atoms with van der Waals surface area (Å²) in [6.07, 6.45) is 0.927. The summed E-state index contributed by atoms with van der Waals surface area (Å²) in [4.78, 5) is 12.2. The quantitative estimate of drug-likeness (QED) is 0.838. The minimum absolute atomic E-state index is 0.0945. The number of carbonyl (C=O) groups is 1. The normalized spacial score (nSPS) is 18.7. The fourth-order valence-electron chi connectivity index (χ4n) is 2.24. The highest BCUT2D eigenvalue weighted by Gasteiger charge is 2.31. The van der Waals surface area contributed by atoms with E-state index in [2.05, 4.69) is 0 Å². The van der Waals surface area contributed by atoms with Crippen LogP contribution in [0.5, 0.6) is 11.5 Å². The van der Waals surface area contributed by atoms with Crippen molar-refractivity contribution in [3.63, 3.8) is 0 Å². The molecule has 2 rings (SSSR count). The van der Waals surface area contributed by atoms with E-state index in [1.54, 1.807) is 32.4 Å². The van der Waals surface area contributed by atoms with Crippen LogP contribution in [-0.4, -0.2) is 31.7 Å². The number of ketones is 1. The van der Waals surface area contributed by atoms with Gasteiger partial charge in [0.1, 0.15) is 17.6 Å². The number of hydrogen-bond donors (Lipinski definition) is 0. The van der Waals surface area contributed by atoms with Crippen LogP contribution in [0.3, 0.4) is 0 Å². The molecule has 0 radical (unpaired) electrons. The summed E-state index contributed by atoms with van der Waals surface area (Å²) in [5.74, 6) is 1.40. The van der Waals surface area contributed by atoms with Gasteiger partial charge in [0, 0.05) is 20.0 Å². The zero-order valence-electron chi connectivity index (χ0n) is 11.9. The summed E-state index contributed by atoms with van der Waals surface area (Å²) in [7, 11) is 3.25. The van der Waals surface area contributed by atoms with Crippen LogP contribution in [0.15, 0.2) is 18.2 Å². The van der Waals surface area contributed by atoms with Gasteiger partial charge in [0.15, 0.2) is 5.78 Å². The molecule has 0 aromatic heterocycles. The highest BCUT2D eigenvalue weighted by atomic mass is 16.5. The van der Waals surface area contributed by atoms with E-state index < -0.39 is 0 Å². The highest BCUT2D eigenvalue weighted by Crippen LogP contribution is 2.33. The molecule has 1 heterocycles. The fourth-order valence-corrected chi connectivity index (χ4v) is 2.24. The fraction of sp³-hybridized carbons (Fsp3) is 0.533. The summed E-state index contributed by atoms with van der Waals surface area (Å²) >= 11 is 0. The first-order valence-electron chi connectivity index (χ1n) is 6.38. The molecule has 0 N–H and O–H groups in total. The largest absolute Gasteiger partial charge is 0.497 e. The zero-order chi connectivity index (χ0) is 14.0. The monoisotopic (exact) mass is 264 g/mol. The molecule has 1 aromatic rings. The molecule has 1 aromatic carbocycles. The third-order valence-corrected chi connectivity index (χ3v) is 3.47. The van der Waals surface area contributed by atoms with E-state index in [4.69, 9.17) is 14.2 Å². The van der Waals surface area contributed by atoms with Gasteiger partial charge in [-0.3, -0.25) is 4.79 Å². The van der Waals surface area contributed by atoms with Gasteiger partial charge in [0.25, 0.3) is 0 Å². The molecule has 1 aliphatic rings. The number of ether oxygens (including phenoxy) is 3. The molecule has 0 fully saturated rings. The van der Waals surface area contributed by atoms with Crippen molar-refractivity contribution in [1.82, 2.24) is 0 Å². The maximum absolute atomic E-state index is 12.2. The second kappa shape index (κ2) is 5.21. The van der Waals surface area contributed by atoms with Crippen LogP contribution in [0, 0.1) is 0 Å². The van der Waals surface area contributed by atoms with Crippen molar-refractivity contribution in [1.29, 1.82) is 0 Å². The Balaban J connectivity index is 2.18. The zero-order valence-corrected chi connectivity index (χ0v) is 11.9. The Labute approximate surface area is 113 Å². The average molecular weight is 264 g/mol. The first-order valence-corrected chi connectivity index (χ1v) is 6.38. The average Bonchev–Trinajstić information content (AvgIpc) is 2.38. The minimum Gasteiger partial charge on any atom is -0.497 e. The van der Waals surface area contributed by atoms with Gasteiger partial charge in [-0.25, -0.2) is 0 Å². The lowest BCUT2D eigenvalue weighted by Gasteiger charge is -2.31. The standard InChI is InChI=1S/C15H20O4/c1-15(2,18-4)9-11-8-13(16)12-7-10(17-3)5-6-14(12)19-11/h5-7,11H,8-9H2,1-4H3. The number of rotatable bonds is 4. The molecule has 1 atom stereocenters. The van der Waals surface area contributed by atoms with Crippen LogP contribution < -0.4 is 9.47 Å². The lowest BCUT2D eigenvalue weighted by atomic mass is 9.93. The van der Waals surface area contributed by atoms with Gasteiger partial charge >= 0.3 is 0 Å². The van der Waals surface area contributed by atoms with Crippen LogP contribution in [0.2, 0.25) is 0 Å². The Bertz CT molecular complexity index is 479. The molecule has 0 spiro atoms. The first-order chi connectivity index (χ1) is 8.95. The van der Waals surface area contributed by atoms with Crippen LogP contribution >= 0.6 is 0 Å². The van der Waals surface area contributed by atoms with E-state index in [0.717, 1.165) is 0 Å².